The summed E-state index contributed by atoms with van der Waals surface area (Å²) in [6.07, 6.45) is 2.07. The third kappa shape index (κ3) is 5.94. The molecule has 0 atom stereocenters. The molecule has 1 aliphatic heterocycles. The average molecular weight is 567 g/mol. The van der Waals surface area contributed by atoms with Crippen molar-refractivity contribution in [1.29, 1.82) is 0 Å². The van der Waals surface area contributed by atoms with E-state index in [4.69, 9.17) is 14.2 Å². The molecule has 0 aliphatic carbocycles. The number of benzene rings is 2. The monoisotopic (exact) mass is 566 g/mol. The topological polar surface area (TPSA) is 96.9 Å². The van der Waals surface area contributed by atoms with Crippen LogP contribution in [0.2, 0.25) is 0 Å². The number of carbonyl (C=O) groups is 1. The van der Waals surface area contributed by atoms with Crippen molar-refractivity contribution in [3.8, 4) is 11.3 Å². The van der Waals surface area contributed by atoms with Crippen molar-refractivity contribution in [3.63, 3.8) is 0 Å². The van der Waals surface area contributed by atoms with Crippen molar-refractivity contribution in [3.05, 3.63) is 66.1 Å². The standard InChI is InChI=1S/C28H30N6O3S.ClH/c1-28(2,3)24-15-25(32-37-24)31-26(35)29-20-7-5-19(6-8-20)21-17-34-22-9-4-18(14-23(22)38-27(34)30-21)16-33-10-12-36-13-11-33;/h4-9,14-15,17H,10-13,16H2,1-3H3,(H2,29,31,32,35);1H. The Hall–Kier alpha value is -3.44. The molecular weight excluding hydrogens is 536 g/mol. The van der Waals surface area contributed by atoms with E-state index in [9.17, 15) is 4.79 Å². The van der Waals surface area contributed by atoms with Gasteiger partial charge in [-0.05, 0) is 29.8 Å². The summed E-state index contributed by atoms with van der Waals surface area (Å²) < 4.78 is 14.2. The van der Waals surface area contributed by atoms with E-state index in [1.54, 1.807) is 17.4 Å². The molecule has 0 unspecified atom stereocenters. The second kappa shape index (κ2) is 11.0. The van der Waals surface area contributed by atoms with Crippen LogP contribution in [-0.2, 0) is 16.7 Å². The molecule has 2 N–H and O–H groups in total. The van der Waals surface area contributed by atoms with E-state index in [-0.39, 0.29) is 23.9 Å². The number of morpholine rings is 1. The molecular formula is C28H31ClN6O3S. The molecule has 0 saturated carbocycles. The molecule has 1 saturated heterocycles. The van der Waals surface area contributed by atoms with Gasteiger partial charge in [-0.15, -0.1) is 12.4 Å². The second-order valence-electron chi connectivity index (χ2n) is 10.6. The number of nitrogens with zero attached hydrogens (tertiary/aromatic N) is 4. The summed E-state index contributed by atoms with van der Waals surface area (Å²) in [6, 6.07) is 15.7. The zero-order valence-electron chi connectivity index (χ0n) is 22.1. The molecule has 1 fully saturated rings. The molecule has 0 radical (unpaired) electrons. The number of fused-ring (bicyclic) bond motifs is 3. The number of hydrogen-bond acceptors (Lipinski definition) is 7. The zero-order chi connectivity index (χ0) is 26.3. The highest BCUT2D eigenvalue weighted by Crippen LogP contribution is 2.31. The summed E-state index contributed by atoms with van der Waals surface area (Å²) in [6.45, 7) is 10.6. The Labute approximate surface area is 236 Å². The third-order valence-corrected chi connectivity index (χ3v) is 7.62. The lowest BCUT2D eigenvalue weighted by molar-refractivity contribution is 0.0342. The normalized spacial score (nSPS) is 14.4. The van der Waals surface area contributed by atoms with Gasteiger partial charge in [0.15, 0.2) is 10.8 Å². The number of thiazole rings is 1. The van der Waals surface area contributed by atoms with Gasteiger partial charge in [0.25, 0.3) is 0 Å². The first-order valence-electron chi connectivity index (χ1n) is 12.7. The Morgan fingerprint density at radius 3 is 2.54 bits per heavy atom. The number of imidazole rings is 1. The Balaban J connectivity index is 0.00000308. The highest BCUT2D eigenvalue weighted by atomic mass is 35.5. The van der Waals surface area contributed by atoms with Crippen molar-refractivity contribution >= 4 is 56.5 Å². The van der Waals surface area contributed by atoms with Crippen molar-refractivity contribution in [2.24, 2.45) is 0 Å². The molecule has 4 heterocycles. The van der Waals surface area contributed by atoms with Gasteiger partial charge in [0.1, 0.15) is 5.76 Å². The quantitative estimate of drug-likeness (QED) is 0.255. The molecule has 1 aliphatic rings. The minimum Gasteiger partial charge on any atom is -0.379 e. The van der Waals surface area contributed by atoms with Crippen molar-refractivity contribution in [1.82, 2.24) is 19.4 Å². The average Bonchev–Trinajstić information content (AvgIpc) is 3.60. The predicted molar refractivity (Wildman–Crippen MR) is 157 cm³/mol. The fraction of sp³-hybridized carbons (Fsp3) is 0.321. The van der Waals surface area contributed by atoms with Crippen LogP contribution in [0.5, 0.6) is 0 Å². The Morgan fingerprint density at radius 1 is 1.05 bits per heavy atom. The molecule has 0 bridgehead atoms. The van der Waals surface area contributed by atoms with Crippen LogP contribution < -0.4 is 10.6 Å². The predicted octanol–water partition coefficient (Wildman–Crippen LogP) is 6.40. The number of ether oxygens (including phenoxy) is 1. The van der Waals surface area contributed by atoms with E-state index in [1.165, 1.54) is 10.3 Å². The molecule has 3 aromatic heterocycles. The minimum atomic E-state index is -0.381. The van der Waals surface area contributed by atoms with Gasteiger partial charge in [-0.2, -0.15) is 0 Å². The summed E-state index contributed by atoms with van der Waals surface area (Å²) in [5, 5.41) is 9.46. The molecule has 2 aromatic carbocycles. The molecule has 204 valence electrons. The van der Waals surface area contributed by atoms with Crippen LogP contribution >= 0.6 is 23.7 Å². The Bertz CT molecular complexity index is 1600. The number of nitrogens with one attached hydrogen (secondary N) is 2. The van der Waals surface area contributed by atoms with Crippen LogP contribution in [-0.4, -0.2) is 51.8 Å². The number of hydrogen-bond donors (Lipinski definition) is 2. The summed E-state index contributed by atoms with van der Waals surface area (Å²) in [4.78, 5) is 20.7. The van der Waals surface area contributed by atoms with Crippen LogP contribution in [0.15, 0.2) is 59.3 Å². The number of carbonyl (C=O) groups excluding carboxylic acids is 1. The van der Waals surface area contributed by atoms with E-state index < -0.39 is 0 Å². The van der Waals surface area contributed by atoms with Gasteiger partial charge in [-0.1, -0.05) is 55.5 Å². The molecule has 9 nitrogen and oxygen atoms in total. The fourth-order valence-corrected chi connectivity index (χ4v) is 5.56. The molecule has 0 spiro atoms. The molecule has 6 rings (SSSR count). The highest BCUT2D eigenvalue weighted by Gasteiger charge is 2.20. The van der Waals surface area contributed by atoms with E-state index in [0.29, 0.717) is 17.3 Å². The van der Waals surface area contributed by atoms with Crippen LogP contribution in [0.1, 0.15) is 32.1 Å². The van der Waals surface area contributed by atoms with Crippen molar-refractivity contribution in [2.75, 3.05) is 36.9 Å². The van der Waals surface area contributed by atoms with Gasteiger partial charge < -0.3 is 14.6 Å². The fourth-order valence-electron chi connectivity index (χ4n) is 4.49. The number of urea groups is 1. The van der Waals surface area contributed by atoms with E-state index in [1.807, 2.05) is 45.0 Å². The van der Waals surface area contributed by atoms with Gasteiger partial charge >= 0.3 is 6.03 Å². The maximum Gasteiger partial charge on any atom is 0.324 e. The van der Waals surface area contributed by atoms with Gasteiger partial charge in [0.2, 0.25) is 0 Å². The Morgan fingerprint density at radius 2 is 1.82 bits per heavy atom. The van der Waals surface area contributed by atoms with Crippen LogP contribution in [0.25, 0.3) is 26.4 Å². The van der Waals surface area contributed by atoms with E-state index >= 15 is 0 Å². The second-order valence-corrected chi connectivity index (χ2v) is 11.6. The first kappa shape index (κ1) is 27.1. The van der Waals surface area contributed by atoms with Gasteiger partial charge in [-0.25, -0.2) is 9.78 Å². The van der Waals surface area contributed by atoms with Gasteiger partial charge in [0.05, 0.1) is 29.1 Å². The molecule has 2 amide bonds. The van der Waals surface area contributed by atoms with Crippen LogP contribution in [0, 0.1) is 0 Å². The lowest BCUT2D eigenvalue weighted by Gasteiger charge is -2.26. The van der Waals surface area contributed by atoms with E-state index in [0.717, 1.165) is 54.6 Å². The van der Waals surface area contributed by atoms with E-state index in [2.05, 4.69) is 49.5 Å². The summed E-state index contributed by atoms with van der Waals surface area (Å²) in [5.41, 5.74) is 4.84. The summed E-state index contributed by atoms with van der Waals surface area (Å²) >= 11 is 1.70. The molecule has 5 aromatic rings. The number of amides is 2. The number of rotatable bonds is 5. The zero-order valence-corrected chi connectivity index (χ0v) is 23.7. The van der Waals surface area contributed by atoms with Crippen molar-refractivity contribution < 1.29 is 14.1 Å². The van der Waals surface area contributed by atoms with Gasteiger partial charge in [0, 0.05) is 48.6 Å². The smallest absolute Gasteiger partial charge is 0.324 e. The van der Waals surface area contributed by atoms with Crippen LogP contribution in [0.3, 0.4) is 0 Å². The maximum absolute atomic E-state index is 12.4. The van der Waals surface area contributed by atoms with Crippen molar-refractivity contribution in [2.45, 2.75) is 32.7 Å². The summed E-state index contributed by atoms with van der Waals surface area (Å²) in [7, 11) is 0. The van der Waals surface area contributed by atoms with Gasteiger partial charge in [-0.3, -0.25) is 14.6 Å². The number of anilines is 2. The summed E-state index contributed by atoms with van der Waals surface area (Å²) in [5.74, 6) is 1.08. The first-order valence-corrected chi connectivity index (χ1v) is 13.5. The van der Waals surface area contributed by atoms with Crippen LogP contribution in [0.4, 0.5) is 16.3 Å². The SMILES string of the molecule is CC(C)(C)c1cc(NC(=O)Nc2ccc(-c3cn4c(n3)sc3cc(CN5CCOCC5)ccc34)cc2)no1.Cl. The highest BCUT2D eigenvalue weighted by molar-refractivity contribution is 7.23. The lowest BCUT2D eigenvalue weighted by atomic mass is 9.93. The lowest BCUT2D eigenvalue weighted by Crippen LogP contribution is -2.35. The first-order chi connectivity index (χ1) is 18.3. The minimum absolute atomic E-state index is 0. The number of halogens is 1. The Kier molecular flexibility index (Phi) is 7.64. The maximum atomic E-state index is 12.4. The largest absolute Gasteiger partial charge is 0.379 e. The molecule has 11 heteroatoms. The third-order valence-electron chi connectivity index (χ3n) is 6.60. The molecule has 39 heavy (non-hydrogen) atoms. The number of aromatic nitrogens is 3.